The molecule has 0 unspecified atom stereocenters. The second-order valence-electron chi connectivity index (χ2n) is 8.03. The molecular weight excluding hydrogens is 262 g/mol. The number of hydrogen-bond donors (Lipinski definition) is 2. The van der Waals surface area contributed by atoms with Crippen molar-refractivity contribution >= 4 is 5.91 Å². The van der Waals surface area contributed by atoms with Crippen molar-refractivity contribution in [3.05, 3.63) is 17.0 Å². The van der Waals surface area contributed by atoms with E-state index in [1.807, 2.05) is 0 Å². The summed E-state index contributed by atoms with van der Waals surface area (Å²) in [4.78, 5) is 12.8. The molecule has 4 heteroatoms. The molecular formula is C17H23N3O. The van der Waals surface area contributed by atoms with Crippen LogP contribution in [0.4, 0.5) is 0 Å². The highest BCUT2D eigenvalue weighted by molar-refractivity contribution is 5.94. The van der Waals surface area contributed by atoms with Crippen LogP contribution < -0.4 is 5.32 Å². The monoisotopic (exact) mass is 285 g/mol. The number of hydrogen-bond acceptors (Lipinski definition) is 2. The number of aromatic nitrogens is 2. The van der Waals surface area contributed by atoms with Gasteiger partial charge < -0.3 is 5.32 Å². The van der Waals surface area contributed by atoms with E-state index in [1.165, 1.54) is 49.8 Å². The highest BCUT2D eigenvalue weighted by Crippen LogP contribution is 2.55. The molecule has 2 N–H and O–H groups in total. The number of amides is 1. The topological polar surface area (TPSA) is 57.8 Å². The summed E-state index contributed by atoms with van der Waals surface area (Å²) in [5, 5.41) is 10.8. The number of H-pyrrole nitrogens is 1. The van der Waals surface area contributed by atoms with Gasteiger partial charge in [0.25, 0.3) is 5.91 Å². The maximum absolute atomic E-state index is 12.8. The molecule has 4 fully saturated rings. The third-order valence-electron chi connectivity index (χ3n) is 6.44. The quantitative estimate of drug-likeness (QED) is 0.877. The van der Waals surface area contributed by atoms with Crippen molar-refractivity contribution in [2.24, 2.45) is 17.8 Å². The maximum Gasteiger partial charge on any atom is 0.272 e. The molecule has 6 rings (SSSR count). The van der Waals surface area contributed by atoms with Gasteiger partial charge >= 0.3 is 0 Å². The molecule has 4 saturated carbocycles. The van der Waals surface area contributed by atoms with E-state index >= 15 is 0 Å². The van der Waals surface area contributed by atoms with Crippen LogP contribution in [0, 0.1) is 17.8 Å². The number of carbonyl (C=O) groups excluding carboxylic acids is 1. The molecule has 0 radical (unpaired) electrons. The van der Waals surface area contributed by atoms with Gasteiger partial charge in [0, 0.05) is 16.8 Å². The number of aryl methyl sites for hydroxylation is 1. The van der Waals surface area contributed by atoms with Crippen molar-refractivity contribution in [2.45, 2.75) is 63.3 Å². The summed E-state index contributed by atoms with van der Waals surface area (Å²) in [7, 11) is 0. The molecule has 4 nitrogen and oxygen atoms in total. The maximum atomic E-state index is 12.8. The highest BCUT2D eigenvalue weighted by Gasteiger charge is 2.51. The van der Waals surface area contributed by atoms with Gasteiger partial charge in [-0.05, 0) is 75.5 Å². The third-order valence-corrected chi connectivity index (χ3v) is 6.44. The molecule has 4 bridgehead atoms. The van der Waals surface area contributed by atoms with Crippen molar-refractivity contribution in [3.63, 3.8) is 0 Å². The Morgan fingerprint density at radius 2 is 1.76 bits per heavy atom. The lowest BCUT2D eigenvalue weighted by molar-refractivity contribution is -0.0168. The first-order valence-electron chi connectivity index (χ1n) is 8.59. The minimum absolute atomic E-state index is 0.0800. The zero-order valence-electron chi connectivity index (χ0n) is 12.5. The Balaban J connectivity index is 1.40. The molecule has 0 spiro atoms. The molecule has 0 aromatic carbocycles. The minimum Gasteiger partial charge on any atom is -0.345 e. The number of aromatic amines is 1. The summed E-state index contributed by atoms with van der Waals surface area (Å²) in [5.74, 6) is 2.67. The average Bonchev–Trinajstić information content (AvgIpc) is 2.97. The number of nitrogens with one attached hydrogen (secondary N) is 2. The second kappa shape index (κ2) is 4.11. The molecule has 21 heavy (non-hydrogen) atoms. The van der Waals surface area contributed by atoms with Gasteiger partial charge in [-0.15, -0.1) is 0 Å². The van der Waals surface area contributed by atoms with Crippen LogP contribution in [0.1, 0.15) is 66.7 Å². The first-order chi connectivity index (χ1) is 10.2. The van der Waals surface area contributed by atoms with Crippen molar-refractivity contribution in [3.8, 4) is 0 Å². The van der Waals surface area contributed by atoms with Gasteiger partial charge in [0.15, 0.2) is 5.69 Å². The zero-order valence-corrected chi connectivity index (χ0v) is 12.5. The summed E-state index contributed by atoms with van der Waals surface area (Å²) in [6, 6.07) is 0. The fourth-order valence-corrected chi connectivity index (χ4v) is 6.07. The average molecular weight is 285 g/mol. The summed E-state index contributed by atoms with van der Waals surface area (Å²) >= 11 is 0. The summed E-state index contributed by atoms with van der Waals surface area (Å²) < 4.78 is 0. The smallest absolute Gasteiger partial charge is 0.272 e. The minimum atomic E-state index is 0.0800. The predicted octanol–water partition coefficient (Wildman–Crippen LogP) is 2.60. The standard InChI is InChI=1S/C17H23N3O/c21-16(15-13-2-1-3-14(13)19-20-15)18-17-7-10-4-11(8-17)6-12(5-10)9-17/h10-12H,1-9H2,(H,18,21)(H,19,20). The molecule has 0 atom stereocenters. The van der Waals surface area contributed by atoms with Gasteiger partial charge in [0.05, 0.1) is 0 Å². The van der Waals surface area contributed by atoms with Crippen LogP contribution in [0.5, 0.6) is 0 Å². The van der Waals surface area contributed by atoms with E-state index in [4.69, 9.17) is 0 Å². The Morgan fingerprint density at radius 3 is 2.43 bits per heavy atom. The molecule has 0 aliphatic heterocycles. The lowest BCUT2D eigenvalue weighted by Crippen LogP contribution is -2.59. The van der Waals surface area contributed by atoms with Gasteiger partial charge in [-0.1, -0.05) is 0 Å². The largest absolute Gasteiger partial charge is 0.345 e. The molecule has 5 aliphatic rings. The molecule has 1 aromatic heterocycles. The number of rotatable bonds is 2. The fraction of sp³-hybridized carbons (Fsp3) is 0.765. The number of carbonyl (C=O) groups is 1. The zero-order chi connectivity index (χ0) is 14.0. The number of nitrogens with zero attached hydrogens (tertiary/aromatic N) is 1. The Bertz CT molecular complexity index is 568. The predicted molar refractivity (Wildman–Crippen MR) is 79.0 cm³/mol. The van der Waals surface area contributed by atoms with E-state index in [0.717, 1.165) is 37.0 Å². The van der Waals surface area contributed by atoms with Crippen LogP contribution in [0.3, 0.4) is 0 Å². The van der Waals surface area contributed by atoms with E-state index in [0.29, 0.717) is 5.69 Å². The van der Waals surface area contributed by atoms with Crippen LogP contribution in [0.15, 0.2) is 0 Å². The molecule has 1 aromatic rings. The molecule has 0 saturated heterocycles. The molecule has 1 heterocycles. The van der Waals surface area contributed by atoms with E-state index in [9.17, 15) is 4.79 Å². The first-order valence-corrected chi connectivity index (χ1v) is 8.59. The van der Waals surface area contributed by atoms with Crippen LogP contribution >= 0.6 is 0 Å². The fourth-order valence-electron chi connectivity index (χ4n) is 6.07. The van der Waals surface area contributed by atoms with E-state index in [-0.39, 0.29) is 11.4 Å². The Morgan fingerprint density at radius 1 is 1.10 bits per heavy atom. The van der Waals surface area contributed by atoms with E-state index in [1.54, 1.807) is 0 Å². The molecule has 5 aliphatic carbocycles. The first kappa shape index (κ1) is 12.2. The van der Waals surface area contributed by atoms with Gasteiger partial charge in [0.1, 0.15) is 0 Å². The van der Waals surface area contributed by atoms with E-state index < -0.39 is 0 Å². The lowest BCUT2D eigenvalue weighted by atomic mass is 9.53. The summed E-state index contributed by atoms with van der Waals surface area (Å²) in [5.41, 5.74) is 3.14. The van der Waals surface area contributed by atoms with Crippen LogP contribution in [-0.4, -0.2) is 21.6 Å². The normalized spacial score (nSPS) is 39.5. The summed E-state index contributed by atoms with van der Waals surface area (Å²) in [6.07, 6.45) is 11.1. The third kappa shape index (κ3) is 1.80. The molecule has 112 valence electrons. The van der Waals surface area contributed by atoms with Crippen LogP contribution in [0.25, 0.3) is 0 Å². The van der Waals surface area contributed by atoms with Gasteiger partial charge in [-0.2, -0.15) is 5.10 Å². The second-order valence-corrected chi connectivity index (χ2v) is 8.03. The highest BCUT2D eigenvalue weighted by atomic mass is 16.2. The lowest BCUT2D eigenvalue weighted by Gasteiger charge is -2.56. The van der Waals surface area contributed by atoms with Crippen molar-refractivity contribution in [2.75, 3.05) is 0 Å². The Labute approximate surface area is 125 Å². The van der Waals surface area contributed by atoms with Crippen molar-refractivity contribution in [1.29, 1.82) is 0 Å². The summed E-state index contributed by atoms with van der Waals surface area (Å²) in [6.45, 7) is 0. The number of fused-ring (bicyclic) bond motifs is 1. The van der Waals surface area contributed by atoms with Crippen molar-refractivity contribution < 1.29 is 4.79 Å². The Kier molecular flexibility index (Phi) is 2.40. The van der Waals surface area contributed by atoms with Gasteiger partial charge in [-0.25, -0.2) is 0 Å². The van der Waals surface area contributed by atoms with E-state index in [2.05, 4.69) is 15.5 Å². The Hall–Kier alpha value is -1.32. The SMILES string of the molecule is O=C(NC12CC3CC(CC(C3)C1)C2)c1n[nH]c2c1CCC2. The van der Waals surface area contributed by atoms with Crippen LogP contribution in [0.2, 0.25) is 0 Å². The van der Waals surface area contributed by atoms with Gasteiger partial charge in [0.2, 0.25) is 0 Å². The van der Waals surface area contributed by atoms with Crippen molar-refractivity contribution in [1.82, 2.24) is 15.5 Å². The van der Waals surface area contributed by atoms with Crippen LogP contribution in [-0.2, 0) is 12.8 Å². The van der Waals surface area contributed by atoms with Gasteiger partial charge in [-0.3, -0.25) is 9.89 Å². The molecule has 1 amide bonds.